The summed E-state index contributed by atoms with van der Waals surface area (Å²) in [4.78, 5) is 15.5. The van der Waals surface area contributed by atoms with Crippen LogP contribution in [-0.2, 0) is 9.53 Å². The van der Waals surface area contributed by atoms with Crippen molar-refractivity contribution in [3.05, 3.63) is 44.9 Å². The second kappa shape index (κ2) is 6.30. The molecule has 20 heavy (non-hydrogen) atoms. The van der Waals surface area contributed by atoms with Gasteiger partial charge in [0.1, 0.15) is 5.52 Å². The molecule has 0 bridgehead atoms. The van der Waals surface area contributed by atoms with Crippen LogP contribution in [-0.4, -0.2) is 17.6 Å². The fourth-order valence-corrected chi connectivity index (χ4v) is 2.46. The molecule has 2 rings (SSSR count). The van der Waals surface area contributed by atoms with Gasteiger partial charge in [-0.1, -0.05) is 0 Å². The van der Waals surface area contributed by atoms with Gasteiger partial charge in [0, 0.05) is 15.0 Å². The average Bonchev–Trinajstić information content (AvgIpc) is 2.38. The molecule has 0 amide bonds. The van der Waals surface area contributed by atoms with E-state index in [1.54, 1.807) is 6.92 Å². The van der Waals surface area contributed by atoms with Crippen LogP contribution in [0.5, 0.6) is 0 Å². The molecule has 0 radical (unpaired) electrons. The Labute approximate surface area is 130 Å². The van der Waals surface area contributed by atoms with Crippen molar-refractivity contribution in [2.45, 2.75) is 13.8 Å². The van der Waals surface area contributed by atoms with Crippen molar-refractivity contribution in [2.75, 3.05) is 6.61 Å². The molecule has 0 atom stereocenters. The van der Waals surface area contributed by atoms with Crippen molar-refractivity contribution in [2.24, 2.45) is 0 Å². The number of aryl methyl sites for hydroxylation is 1. The molecule has 3 nitrogen and oxygen atoms in total. The summed E-state index contributed by atoms with van der Waals surface area (Å²) in [6.07, 6.45) is 2.82. The van der Waals surface area contributed by atoms with Crippen molar-refractivity contribution in [3.63, 3.8) is 0 Å². The van der Waals surface area contributed by atoms with Crippen LogP contribution >= 0.6 is 22.6 Å². The van der Waals surface area contributed by atoms with E-state index in [9.17, 15) is 9.18 Å². The normalized spacial score (nSPS) is 11.2. The molecular formula is C15H13FINO2. The third kappa shape index (κ3) is 3.33. The predicted octanol–water partition coefficient (Wildman–Crippen LogP) is 3.86. The average molecular weight is 385 g/mol. The van der Waals surface area contributed by atoms with E-state index in [0.717, 1.165) is 14.5 Å². The number of aromatic nitrogens is 1. The number of hydrogen-bond donors (Lipinski definition) is 0. The van der Waals surface area contributed by atoms with Gasteiger partial charge in [-0.15, -0.1) is 0 Å². The number of rotatable bonds is 3. The van der Waals surface area contributed by atoms with Crippen molar-refractivity contribution in [3.8, 4) is 0 Å². The summed E-state index contributed by atoms with van der Waals surface area (Å²) in [5.74, 6) is -0.795. The van der Waals surface area contributed by atoms with Crippen molar-refractivity contribution in [1.82, 2.24) is 4.98 Å². The monoisotopic (exact) mass is 385 g/mol. The van der Waals surface area contributed by atoms with Gasteiger partial charge in [-0.2, -0.15) is 0 Å². The lowest BCUT2D eigenvalue weighted by molar-refractivity contribution is -0.137. The molecular weight excluding hydrogens is 372 g/mol. The Bertz CT molecular complexity index is 698. The number of halogens is 2. The Morgan fingerprint density at radius 3 is 2.90 bits per heavy atom. The number of carbonyl (C=O) groups is 1. The molecule has 0 saturated heterocycles. The van der Waals surface area contributed by atoms with Crippen LogP contribution < -0.4 is 0 Å². The maximum Gasteiger partial charge on any atom is 0.330 e. The first-order chi connectivity index (χ1) is 9.51. The number of nitrogens with zero attached hydrogens (tertiary/aromatic N) is 1. The Morgan fingerprint density at radius 2 is 2.20 bits per heavy atom. The van der Waals surface area contributed by atoms with E-state index in [4.69, 9.17) is 4.74 Å². The molecule has 1 heterocycles. The summed E-state index contributed by atoms with van der Waals surface area (Å²) in [6, 6.07) is 5.14. The van der Waals surface area contributed by atoms with Crippen LogP contribution in [0.1, 0.15) is 18.2 Å². The van der Waals surface area contributed by atoms with Gasteiger partial charge in [0.2, 0.25) is 0 Å². The number of carbonyl (C=O) groups excluding carboxylic acids is 1. The quantitative estimate of drug-likeness (QED) is 0.458. The molecule has 0 N–H and O–H groups in total. The van der Waals surface area contributed by atoms with Crippen molar-refractivity contribution in [1.29, 1.82) is 0 Å². The molecule has 1 aromatic heterocycles. The summed E-state index contributed by atoms with van der Waals surface area (Å²) >= 11 is 2.07. The highest BCUT2D eigenvalue weighted by molar-refractivity contribution is 14.1. The maximum atomic E-state index is 13.9. The molecule has 0 spiro atoms. The standard InChI is InChI=1S/C15H13FINO2/c1-3-20-14(19)5-4-11-6-9(2)12-7-10(17)8-13(16)15(12)18-11/h4-8H,3H2,1-2H3/b5-4+. The van der Waals surface area contributed by atoms with Gasteiger partial charge in [0.15, 0.2) is 5.82 Å². The Morgan fingerprint density at radius 1 is 1.45 bits per heavy atom. The minimum Gasteiger partial charge on any atom is -0.463 e. The van der Waals surface area contributed by atoms with E-state index in [0.29, 0.717) is 17.8 Å². The van der Waals surface area contributed by atoms with E-state index >= 15 is 0 Å². The van der Waals surface area contributed by atoms with Crippen LogP contribution in [0.4, 0.5) is 4.39 Å². The highest BCUT2D eigenvalue weighted by atomic mass is 127. The molecule has 0 unspecified atom stereocenters. The van der Waals surface area contributed by atoms with Crippen molar-refractivity contribution >= 4 is 45.5 Å². The summed E-state index contributed by atoms with van der Waals surface area (Å²) in [6.45, 7) is 3.95. The lowest BCUT2D eigenvalue weighted by atomic mass is 10.1. The lowest BCUT2D eigenvalue weighted by Gasteiger charge is -2.05. The Hall–Kier alpha value is -1.50. The topological polar surface area (TPSA) is 39.2 Å². The van der Waals surface area contributed by atoms with Crippen molar-refractivity contribution < 1.29 is 13.9 Å². The molecule has 1 aromatic carbocycles. The molecule has 0 fully saturated rings. The molecule has 0 aliphatic rings. The highest BCUT2D eigenvalue weighted by Crippen LogP contribution is 2.23. The number of pyridine rings is 1. The molecule has 0 saturated carbocycles. The fraction of sp³-hybridized carbons (Fsp3) is 0.200. The zero-order chi connectivity index (χ0) is 14.7. The Balaban J connectivity index is 2.45. The third-order valence-corrected chi connectivity index (χ3v) is 3.36. The molecule has 2 aromatic rings. The minimum atomic E-state index is -0.435. The summed E-state index contributed by atoms with van der Waals surface area (Å²) < 4.78 is 19.6. The SMILES string of the molecule is CCOC(=O)/C=C/c1cc(C)c2cc(I)cc(F)c2n1. The molecule has 0 aliphatic heterocycles. The predicted molar refractivity (Wildman–Crippen MR) is 84.8 cm³/mol. The second-order valence-corrected chi connectivity index (χ2v) is 5.48. The first-order valence-electron chi connectivity index (χ1n) is 6.12. The number of hydrogen-bond acceptors (Lipinski definition) is 3. The molecule has 5 heteroatoms. The van der Waals surface area contributed by atoms with Crippen LogP contribution in [0, 0.1) is 16.3 Å². The van der Waals surface area contributed by atoms with E-state index in [1.807, 2.05) is 19.1 Å². The fourth-order valence-electron chi connectivity index (χ4n) is 1.87. The highest BCUT2D eigenvalue weighted by Gasteiger charge is 2.08. The van der Waals surface area contributed by atoms with Crippen LogP contribution in [0.15, 0.2) is 24.3 Å². The van der Waals surface area contributed by atoms with Gasteiger partial charge < -0.3 is 4.74 Å². The maximum absolute atomic E-state index is 13.9. The lowest BCUT2D eigenvalue weighted by Crippen LogP contribution is -1.99. The largest absolute Gasteiger partial charge is 0.463 e. The third-order valence-electron chi connectivity index (χ3n) is 2.74. The zero-order valence-corrected chi connectivity index (χ0v) is 13.3. The van der Waals surface area contributed by atoms with Gasteiger partial charge >= 0.3 is 5.97 Å². The second-order valence-electron chi connectivity index (χ2n) is 4.23. The summed E-state index contributed by atoms with van der Waals surface area (Å²) in [7, 11) is 0. The van der Waals surface area contributed by atoms with Gasteiger partial charge in [-0.3, -0.25) is 0 Å². The minimum absolute atomic E-state index is 0.314. The van der Waals surface area contributed by atoms with Gasteiger partial charge in [-0.05, 0) is 66.3 Å². The number of fused-ring (bicyclic) bond motifs is 1. The van der Waals surface area contributed by atoms with E-state index in [1.165, 1.54) is 18.2 Å². The van der Waals surface area contributed by atoms with Gasteiger partial charge in [-0.25, -0.2) is 14.2 Å². The summed E-state index contributed by atoms with van der Waals surface area (Å²) in [5.41, 5.74) is 1.76. The number of esters is 1. The Kier molecular flexibility index (Phi) is 4.69. The van der Waals surface area contributed by atoms with Crippen LogP contribution in [0.2, 0.25) is 0 Å². The van der Waals surface area contributed by atoms with E-state index < -0.39 is 5.97 Å². The molecule has 0 aliphatic carbocycles. The summed E-state index contributed by atoms with van der Waals surface area (Å²) in [5, 5.41) is 0.780. The van der Waals surface area contributed by atoms with Crippen LogP contribution in [0.25, 0.3) is 17.0 Å². The number of benzene rings is 1. The number of ether oxygens (including phenoxy) is 1. The molecule has 104 valence electrons. The first-order valence-corrected chi connectivity index (χ1v) is 7.20. The smallest absolute Gasteiger partial charge is 0.330 e. The zero-order valence-electron chi connectivity index (χ0n) is 11.1. The van der Waals surface area contributed by atoms with Gasteiger partial charge in [0.25, 0.3) is 0 Å². The van der Waals surface area contributed by atoms with E-state index in [2.05, 4.69) is 27.6 Å². The van der Waals surface area contributed by atoms with E-state index in [-0.39, 0.29) is 5.82 Å². The van der Waals surface area contributed by atoms with Crippen LogP contribution in [0.3, 0.4) is 0 Å². The van der Waals surface area contributed by atoms with Gasteiger partial charge in [0.05, 0.1) is 12.3 Å². The first kappa shape index (κ1) is 14.9.